The first-order chi connectivity index (χ1) is 10.1. The maximum Gasteiger partial charge on any atom is 0.227 e. The number of carbonyl (C=O) groups is 2. The Morgan fingerprint density at radius 2 is 1.86 bits per heavy atom. The van der Waals surface area contributed by atoms with Gasteiger partial charge in [0.25, 0.3) is 0 Å². The van der Waals surface area contributed by atoms with Crippen LogP contribution < -0.4 is 10.2 Å². The molecule has 0 radical (unpaired) electrons. The highest BCUT2D eigenvalue weighted by molar-refractivity contribution is 6.00. The van der Waals surface area contributed by atoms with Crippen molar-refractivity contribution in [2.75, 3.05) is 11.4 Å². The Morgan fingerprint density at radius 1 is 1.19 bits per heavy atom. The molecule has 2 aliphatic rings. The van der Waals surface area contributed by atoms with Crippen LogP contribution in [-0.2, 0) is 9.59 Å². The van der Waals surface area contributed by atoms with Gasteiger partial charge in [0.1, 0.15) is 0 Å². The van der Waals surface area contributed by atoms with Gasteiger partial charge in [-0.1, -0.05) is 30.5 Å². The Morgan fingerprint density at radius 3 is 2.52 bits per heavy atom. The van der Waals surface area contributed by atoms with Gasteiger partial charge in [-0.2, -0.15) is 0 Å². The molecular weight excluding hydrogens is 264 g/mol. The number of hydrogen-bond acceptors (Lipinski definition) is 2. The number of rotatable bonds is 3. The standard InChI is InChI=1S/C17H22N2O2/c1-12-6-8-15(9-7-12)19-11-13(10-16(19)20)17(21)18-14-4-2-3-5-14/h6-9,13-14H,2-5,10-11H2,1H3,(H,18,21)/t13-/m1/s1. The van der Waals surface area contributed by atoms with E-state index in [0.29, 0.717) is 19.0 Å². The highest BCUT2D eigenvalue weighted by Crippen LogP contribution is 2.26. The van der Waals surface area contributed by atoms with Crippen molar-refractivity contribution in [2.24, 2.45) is 5.92 Å². The molecule has 4 nitrogen and oxygen atoms in total. The van der Waals surface area contributed by atoms with Crippen molar-refractivity contribution in [1.29, 1.82) is 0 Å². The average Bonchev–Trinajstić information content (AvgIpc) is 3.09. The number of nitrogens with one attached hydrogen (secondary N) is 1. The summed E-state index contributed by atoms with van der Waals surface area (Å²) < 4.78 is 0. The monoisotopic (exact) mass is 286 g/mol. The highest BCUT2D eigenvalue weighted by atomic mass is 16.2. The summed E-state index contributed by atoms with van der Waals surface area (Å²) in [6.07, 6.45) is 4.88. The predicted molar refractivity (Wildman–Crippen MR) is 82.0 cm³/mol. The SMILES string of the molecule is Cc1ccc(N2C[C@H](C(=O)NC3CCCC3)CC2=O)cc1. The van der Waals surface area contributed by atoms with Gasteiger partial charge in [0.05, 0.1) is 5.92 Å². The van der Waals surface area contributed by atoms with Crippen molar-refractivity contribution in [3.63, 3.8) is 0 Å². The predicted octanol–water partition coefficient (Wildman–Crippen LogP) is 2.41. The summed E-state index contributed by atoms with van der Waals surface area (Å²) in [5, 5.41) is 3.10. The molecule has 1 atom stereocenters. The van der Waals surface area contributed by atoms with E-state index in [1.54, 1.807) is 4.90 Å². The third-order valence-corrected chi connectivity index (χ3v) is 4.54. The maximum absolute atomic E-state index is 12.3. The van der Waals surface area contributed by atoms with Crippen LogP contribution in [0, 0.1) is 12.8 Å². The summed E-state index contributed by atoms with van der Waals surface area (Å²) in [4.78, 5) is 26.2. The molecule has 1 heterocycles. The minimum absolute atomic E-state index is 0.0462. The van der Waals surface area contributed by atoms with E-state index >= 15 is 0 Å². The Labute approximate surface area is 125 Å². The molecule has 0 bridgehead atoms. The average molecular weight is 286 g/mol. The Bertz CT molecular complexity index is 532. The van der Waals surface area contributed by atoms with Gasteiger partial charge in [0.15, 0.2) is 0 Å². The summed E-state index contributed by atoms with van der Waals surface area (Å²) >= 11 is 0. The Kier molecular flexibility index (Phi) is 3.95. The Balaban J connectivity index is 1.63. The molecule has 2 amide bonds. The van der Waals surface area contributed by atoms with Crippen LogP contribution in [-0.4, -0.2) is 24.4 Å². The number of carbonyl (C=O) groups excluding carboxylic acids is 2. The first-order valence-corrected chi connectivity index (χ1v) is 7.81. The van der Waals surface area contributed by atoms with Gasteiger partial charge in [-0.3, -0.25) is 9.59 Å². The van der Waals surface area contributed by atoms with E-state index in [0.717, 1.165) is 18.5 Å². The molecule has 3 rings (SSSR count). The third-order valence-electron chi connectivity index (χ3n) is 4.54. The second-order valence-electron chi connectivity index (χ2n) is 6.23. The van der Waals surface area contributed by atoms with Gasteiger partial charge < -0.3 is 10.2 Å². The minimum Gasteiger partial charge on any atom is -0.353 e. The molecule has 0 unspecified atom stereocenters. The Hall–Kier alpha value is -1.84. The van der Waals surface area contributed by atoms with Gasteiger partial charge in [0.2, 0.25) is 11.8 Å². The molecule has 1 aromatic carbocycles. The molecule has 1 saturated heterocycles. The molecule has 0 spiro atoms. The van der Waals surface area contributed by atoms with Crippen LogP contribution in [0.3, 0.4) is 0 Å². The lowest BCUT2D eigenvalue weighted by Gasteiger charge is -2.18. The van der Waals surface area contributed by atoms with E-state index in [1.165, 1.54) is 18.4 Å². The number of amides is 2. The molecule has 2 fully saturated rings. The molecule has 1 N–H and O–H groups in total. The minimum atomic E-state index is -0.209. The van der Waals surface area contributed by atoms with Gasteiger partial charge in [-0.25, -0.2) is 0 Å². The quantitative estimate of drug-likeness (QED) is 0.927. The van der Waals surface area contributed by atoms with Crippen molar-refractivity contribution >= 4 is 17.5 Å². The number of hydrogen-bond donors (Lipinski definition) is 1. The van der Waals surface area contributed by atoms with Gasteiger partial charge in [-0.05, 0) is 31.9 Å². The number of anilines is 1. The topological polar surface area (TPSA) is 49.4 Å². The summed E-state index contributed by atoms with van der Waals surface area (Å²) in [7, 11) is 0. The summed E-state index contributed by atoms with van der Waals surface area (Å²) in [5.41, 5.74) is 2.06. The molecule has 21 heavy (non-hydrogen) atoms. The number of nitrogens with zero attached hydrogens (tertiary/aromatic N) is 1. The summed E-state index contributed by atoms with van der Waals surface area (Å²) in [6, 6.07) is 8.21. The zero-order valence-electron chi connectivity index (χ0n) is 12.5. The van der Waals surface area contributed by atoms with Crippen LogP contribution in [0.1, 0.15) is 37.7 Å². The smallest absolute Gasteiger partial charge is 0.227 e. The molecule has 1 aliphatic heterocycles. The van der Waals surface area contributed by atoms with Crippen molar-refractivity contribution in [3.8, 4) is 0 Å². The summed E-state index contributed by atoms with van der Waals surface area (Å²) in [5.74, 6) is -0.116. The lowest BCUT2D eigenvalue weighted by atomic mass is 10.1. The molecule has 4 heteroatoms. The zero-order chi connectivity index (χ0) is 14.8. The number of benzene rings is 1. The van der Waals surface area contributed by atoms with Crippen LogP contribution >= 0.6 is 0 Å². The van der Waals surface area contributed by atoms with Crippen molar-refractivity contribution < 1.29 is 9.59 Å². The van der Waals surface area contributed by atoms with Crippen LogP contribution in [0.2, 0.25) is 0 Å². The van der Waals surface area contributed by atoms with E-state index in [1.807, 2.05) is 31.2 Å². The maximum atomic E-state index is 12.3. The van der Waals surface area contributed by atoms with Crippen molar-refractivity contribution in [3.05, 3.63) is 29.8 Å². The molecule has 0 aromatic heterocycles. The van der Waals surface area contributed by atoms with E-state index in [9.17, 15) is 9.59 Å². The first kappa shape index (κ1) is 14.1. The molecule has 1 aliphatic carbocycles. The fraction of sp³-hybridized carbons (Fsp3) is 0.529. The van der Waals surface area contributed by atoms with Crippen LogP contribution in [0.25, 0.3) is 0 Å². The van der Waals surface area contributed by atoms with E-state index < -0.39 is 0 Å². The zero-order valence-corrected chi connectivity index (χ0v) is 12.5. The second-order valence-corrected chi connectivity index (χ2v) is 6.23. The largest absolute Gasteiger partial charge is 0.353 e. The van der Waals surface area contributed by atoms with Gasteiger partial charge in [0, 0.05) is 24.7 Å². The van der Waals surface area contributed by atoms with Gasteiger partial charge in [-0.15, -0.1) is 0 Å². The molecule has 1 aromatic rings. The van der Waals surface area contributed by atoms with Crippen LogP contribution in [0.15, 0.2) is 24.3 Å². The first-order valence-electron chi connectivity index (χ1n) is 7.81. The summed E-state index contributed by atoms with van der Waals surface area (Å²) in [6.45, 7) is 2.52. The van der Waals surface area contributed by atoms with E-state index in [4.69, 9.17) is 0 Å². The van der Waals surface area contributed by atoms with Gasteiger partial charge >= 0.3 is 0 Å². The lowest BCUT2D eigenvalue weighted by Crippen LogP contribution is -2.38. The normalized spacial score (nSPS) is 22.8. The fourth-order valence-electron chi connectivity index (χ4n) is 3.25. The van der Waals surface area contributed by atoms with Crippen LogP contribution in [0.4, 0.5) is 5.69 Å². The van der Waals surface area contributed by atoms with E-state index in [2.05, 4.69) is 5.32 Å². The lowest BCUT2D eigenvalue weighted by molar-refractivity contribution is -0.126. The number of aryl methyl sites for hydroxylation is 1. The van der Waals surface area contributed by atoms with Crippen molar-refractivity contribution in [1.82, 2.24) is 5.32 Å². The molecule has 112 valence electrons. The fourth-order valence-corrected chi connectivity index (χ4v) is 3.25. The van der Waals surface area contributed by atoms with E-state index in [-0.39, 0.29) is 17.7 Å². The highest BCUT2D eigenvalue weighted by Gasteiger charge is 2.35. The van der Waals surface area contributed by atoms with Crippen LogP contribution in [0.5, 0.6) is 0 Å². The third kappa shape index (κ3) is 3.09. The molecular formula is C17H22N2O2. The molecule has 1 saturated carbocycles. The van der Waals surface area contributed by atoms with Crippen molar-refractivity contribution in [2.45, 2.75) is 45.1 Å². The second kappa shape index (κ2) is 5.88.